The fourth-order valence-electron chi connectivity index (χ4n) is 4.20. The van der Waals surface area contributed by atoms with Crippen molar-refractivity contribution in [1.82, 2.24) is 26.2 Å². The highest BCUT2D eigenvalue weighted by Crippen LogP contribution is 2.19. The highest BCUT2D eigenvalue weighted by atomic mass is 32.2. The van der Waals surface area contributed by atoms with E-state index in [1.54, 1.807) is 24.3 Å². The van der Waals surface area contributed by atoms with Gasteiger partial charge >= 0.3 is 0 Å². The van der Waals surface area contributed by atoms with E-state index in [2.05, 4.69) is 21.3 Å². The summed E-state index contributed by atoms with van der Waals surface area (Å²) in [4.78, 5) is 79.2. The molecule has 1 aromatic carbocycles. The molecule has 0 unspecified atom stereocenters. The van der Waals surface area contributed by atoms with Crippen LogP contribution < -0.4 is 21.3 Å². The number of aliphatic hydroxyl groups is 2. The van der Waals surface area contributed by atoms with Crippen molar-refractivity contribution in [2.75, 3.05) is 26.0 Å². The Morgan fingerprint density at radius 2 is 1.49 bits per heavy atom. The lowest BCUT2D eigenvalue weighted by Crippen LogP contribution is -2.61. The molecule has 5 atom stereocenters. The molecule has 5 amide bonds. The summed E-state index contributed by atoms with van der Waals surface area (Å²) in [6, 6.07) is 2.65. The molecule has 1 heterocycles. The van der Waals surface area contributed by atoms with Crippen LogP contribution in [-0.4, -0.2) is 106 Å². The summed E-state index contributed by atoms with van der Waals surface area (Å²) in [5, 5.41) is 28.7. The van der Waals surface area contributed by atoms with Crippen molar-refractivity contribution in [3.63, 3.8) is 0 Å². The Labute approximate surface area is 243 Å². The number of rotatable bonds is 7. The first kappa shape index (κ1) is 33.7. The molecule has 2 rings (SSSR count). The zero-order valence-electron chi connectivity index (χ0n) is 23.6. The predicted octanol–water partition coefficient (Wildman–Crippen LogP) is -1.68. The first-order valence-corrected chi connectivity index (χ1v) is 14.2. The maximum Gasteiger partial charge on any atom is 0.245 e. The zero-order valence-corrected chi connectivity index (χ0v) is 24.4. The average molecular weight is 594 g/mol. The minimum absolute atomic E-state index is 0.0459. The number of hydrogen-bond acceptors (Lipinski definition) is 9. The molecule has 0 aromatic heterocycles. The Balaban J connectivity index is 2.54. The van der Waals surface area contributed by atoms with Gasteiger partial charge in [-0.15, -0.1) is 0 Å². The van der Waals surface area contributed by atoms with Gasteiger partial charge in [0.25, 0.3) is 0 Å². The van der Waals surface area contributed by atoms with Crippen LogP contribution in [0, 0.1) is 5.92 Å². The molecule has 0 saturated carbocycles. The number of carbonyl (C=O) groups is 6. The Kier molecular flexibility index (Phi) is 13.2. The van der Waals surface area contributed by atoms with Crippen LogP contribution >= 0.6 is 11.8 Å². The second-order valence-electron chi connectivity index (χ2n) is 10.2. The van der Waals surface area contributed by atoms with Crippen LogP contribution in [0.25, 0.3) is 0 Å². The lowest BCUT2D eigenvalue weighted by Gasteiger charge is -2.32. The fraction of sp³-hybridized carbons (Fsp3) is 0.556. The number of likely N-dealkylation sites (N-methyl/N-ethyl adjacent to an activating group) is 1. The normalized spacial score (nSPS) is 25.4. The van der Waals surface area contributed by atoms with Gasteiger partial charge in [0.1, 0.15) is 30.2 Å². The third kappa shape index (κ3) is 10.1. The number of nitrogens with zero attached hydrogens (tertiary/aromatic N) is 1. The Hall–Kier alpha value is -3.49. The molecular weight excluding hydrogens is 554 g/mol. The van der Waals surface area contributed by atoms with E-state index in [1.165, 1.54) is 18.9 Å². The molecule has 226 valence electrons. The number of thioether (sulfide) groups is 1. The molecule has 1 aliphatic heterocycles. The Morgan fingerprint density at radius 1 is 0.951 bits per heavy atom. The van der Waals surface area contributed by atoms with E-state index in [9.17, 15) is 39.0 Å². The van der Waals surface area contributed by atoms with E-state index in [0.29, 0.717) is 0 Å². The summed E-state index contributed by atoms with van der Waals surface area (Å²) in [5.41, 5.74) is 0.773. The lowest BCUT2D eigenvalue weighted by molar-refractivity contribution is -0.140. The van der Waals surface area contributed by atoms with Gasteiger partial charge in [-0.25, -0.2) is 0 Å². The van der Waals surface area contributed by atoms with E-state index in [0.717, 1.165) is 17.3 Å². The van der Waals surface area contributed by atoms with E-state index in [1.807, 2.05) is 19.9 Å². The van der Waals surface area contributed by atoms with Crippen molar-refractivity contribution >= 4 is 46.4 Å². The van der Waals surface area contributed by atoms with Crippen LogP contribution in [0.4, 0.5) is 0 Å². The van der Waals surface area contributed by atoms with Crippen LogP contribution in [0.5, 0.6) is 0 Å². The smallest absolute Gasteiger partial charge is 0.245 e. The number of hydrogen-bond donors (Lipinski definition) is 6. The first-order valence-electron chi connectivity index (χ1n) is 13.2. The quantitative estimate of drug-likeness (QED) is 0.214. The minimum Gasteiger partial charge on any atom is -0.394 e. The molecule has 1 fully saturated rings. The van der Waals surface area contributed by atoms with Crippen molar-refractivity contribution < 1.29 is 39.0 Å². The number of benzene rings is 1. The molecule has 0 bridgehead atoms. The van der Waals surface area contributed by atoms with Gasteiger partial charge in [0, 0.05) is 26.1 Å². The van der Waals surface area contributed by atoms with Gasteiger partial charge < -0.3 is 36.4 Å². The van der Waals surface area contributed by atoms with Crippen LogP contribution in [0.3, 0.4) is 0 Å². The third-order valence-corrected chi connectivity index (χ3v) is 7.45. The van der Waals surface area contributed by atoms with E-state index in [4.69, 9.17) is 0 Å². The molecule has 1 aromatic rings. The van der Waals surface area contributed by atoms with Crippen LogP contribution in [0.15, 0.2) is 30.3 Å². The maximum atomic E-state index is 13.7. The van der Waals surface area contributed by atoms with Crippen LogP contribution in [0.2, 0.25) is 0 Å². The molecule has 41 heavy (non-hydrogen) atoms. The Morgan fingerprint density at radius 3 is 2.00 bits per heavy atom. The second kappa shape index (κ2) is 16.1. The van der Waals surface area contributed by atoms with Gasteiger partial charge in [0.15, 0.2) is 0 Å². The standard InChI is InChI=1S/C27H39N5O8S/c1-15(2)10-18-26(39)32(4)22(11-17-8-6-5-7-9-17)27(40)41-14-21(28-16(3)35)25(38)31-20(13-34)24(37)30-19(12-33)23(36)29-18/h5-9,15,18-22,33-34H,10-14H2,1-4H3,(H,28,35)(H,29,36)(H,30,37)(H,31,38)/t18-,19-,20-,21-,22-/m0/s1. The molecule has 6 N–H and O–H groups in total. The van der Waals surface area contributed by atoms with Crippen molar-refractivity contribution in [3.05, 3.63) is 35.9 Å². The molecular formula is C27H39N5O8S. The number of aliphatic hydroxyl groups excluding tert-OH is 2. The predicted molar refractivity (Wildman–Crippen MR) is 151 cm³/mol. The van der Waals surface area contributed by atoms with Crippen molar-refractivity contribution in [2.24, 2.45) is 5.92 Å². The van der Waals surface area contributed by atoms with Gasteiger partial charge in [-0.1, -0.05) is 55.9 Å². The lowest BCUT2D eigenvalue weighted by atomic mass is 10.00. The molecule has 0 aliphatic carbocycles. The van der Waals surface area contributed by atoms with E-state index >= 15 is 0 Å². The van der Waals surface area contributed by atoms with Crippen molar-refractivity contribution in [1.29, 1.82) is 0 Å². The average Bonchev–Trinajstić information content (AvgIpc) is 2.93. The number of carbonyl (C=O) groups excluding carboxylic acids is 6. The summed E-state index contributed by atoms with van der Waals surface area (Å²) in [5.74, 6) is -4.08. The minimum atomic E-state index is -1.53. The van der Waals surface area contributed by atoms with Crippen molar-refractivity contribution in [2.45, 2.75) is 63.8 Å². The molecule has 1 saturated heterocycles. The van der Waals surface area contributed by atoms with Gasteiger partial charge in [0.05, 0.1) is 13.2 Å². The second-order valence-corrected chi connectivity index (χ2v) is 11.2. The summed E-state index contributed by atoms with van der Waals surface area (Å²) in [6.07, 6.45) is 0.358. The summed E-state index contributed by atoms with van der Waals surface area (Å²) in [7, 11) is 1.45. The molecule has 0 spiro atoms. The summed E-state index contributed by atoms with van der Waals surface area (Å²) in [6.45, 7) is 3.20. The topological polar surface area (TPSA) is 194 Å². The van der Waals surface area contributed by atoms with Gasteiger partial charge in [0.2, 0.25) is 34.7 Å². The molecule has 14 heteroatoms. The van der Waals surface area contributed by atoms with E-state index in [-0.39, 0.29) is 24.5 Å². The maximum absolute atomic E-state index is 13.7. The fourth-order valence-corrected chi connectivity index (χ4v) is 5.20. The summed E-state index contributed by atoms with van der Waals surface area (Å²) >= 11 is 0.737. The molecule has 1 aliphatic rings. The summed E-state index contributed by atoms with van der Waals surface area (Å²) < 4.78 is 0. The van der Waals surface area contributed by atoms with Crippen molar-refractivity contribution in [3.8, 4) is 0 Å². The van der Waals surface area contributed by atoms with Gasteiger partial charge in [-0.2, -0.15) is 0 Å². The SMILES string of the molecule is CC(=O)N[C@H]1CSC(=O)[C@H](Cc2ccccc2)N(C)C(=O)[C@H](CC(C)C)NC(=O)[C@H](CO)NC(=O)[C@H](CO)NC1=O. The highest BCUT2D eigenvalue weighted by molar-refractivity contribution is 8.13. The third-order valence-electron chi connectivity index (χ3n) is 6.40. The van der Waals surface area contributed by atoms with Crippen LogP contribution in [-0.2, 0) is 35.2 Å². The molecule has 0 radical (unpaired) electrons. The number of amides is 5. The molecule has 13 nitrogen and oxygen atoms in total. The van der Waals surface area contributed by atoms with E-state index < -0.39 is 78.1 Å². The first-order chi connectivity index (χ1) is 19.4. The number of nitrogens with one attached hydrogen (secondary N) is 4. The zero-order chi connectivity index (χ0) is 30.7. The van der Waals surface area contributed by atoms with Gasteiger partial charge in [-0.3, -0.25) is 28.8 Å². The van der Waals surface area contributed by atoms with Crippen LogP contribution in [0.1, 0.15) is 32.8 Å². The Bertz CT molecular complexity index is 1100. The highest BCUT2D eigenvalue weighted by Gasteiger charge is 2.36. The van der Waals surface area contributed by atoms with Gasteiger partial charge in [-0.05, 0) is 17.9 Å². The largest absolute Gasteiger partial charge is 0.394 e. The monoisotopic (exact) mass is 593 g/mol.